The van der Waals surface area contributed by atoms with E-state index in [4.69, 9.17) is 22.9 Å². The van der Waals surface area contributed by atoms with Crippen LogP contribution < -0.4 is 0 Å². The van der Waals surface area contributed by atoms with Crippen molar-refractivity contribution in [3.05, 3.63) is 35.6 Å². The van der Waals surface area contributed by atoms with Crippen molar-refractivity contribution >= 4 is 30.5 Å². The summed E-state index contributed by atoms with van der Waals surface area (Å²) in [4.78, 5) is 23.9. The topological polar surface area (TPSA) is 101 Å². The average Bonchev–Trinajstić information content (AvgIpc) is 3.00. The van der Waals surface area contributed by atoms with Crippen molar-refractivity contribution in [2.24, 2.45) is 0 Å². The summed E-state index contributed by atoms with van der Waals surface area (Å²) in [7, 11) is -0.982. The maximum Gasteiger partial charge on any atom is 0.509 e. The maximum absolute atomic E-state index is 12.3. The highest BCUT2D eigenvalue weighted by Crippen LogP contribution is 2.46. The summed E-state index contributed by atoms with van der Waals surface area (Å²) in [5.41, 5.74) is 0.220. The first-order valence-electron chi connectivity index (χ1n) is 8.17. The van der Waals surface area contributed by atoms with Crippen LogP contribution in [0.3, 0.4) is 0 Å². The molecule has 2 aromatic rings. The first kappa shape index (κ1) is 21.2. The zero-order chi connectivity index (χ0) is 20.2. The first-order chi connectivity index (χ1) is 12.5. The molecule has 1 heterocycles. The second kappa shape index (κ2) is 8.25. The van der Waals surface area contributed by atoms with E-state index in [1.165, 1.54) is 14.2 Å². The fourth-order valence-electron chi connectivity index (χ4n) is 2.22. The van der Waals surface area contributed by atoms with Crippen LogP contribution in [0, 0.1) is 0 Å². The number of carbonyl (C=O) groups is 2. The van der Waals surface area contributed by atoms with Gasteiger partial charge in [0.2, 0.25) is 0 Å². The van der Waals surface area contributed by atoms with Crippen molar-refractivity contribution in [3.8, 4) is 0 Å². The number of carbonyl (C=O) groups excluding carboxylic acids is 2. The minimum absolute atomic E-state index is 0.102. The molecule has 8 nitrogen and oxygen atoms in total. The minimum atomic E-state index is -3.44. The standard InChI is InChI=1S/C18H23O8P/c1-18(2,3)26-17(20)24-10-14-9-13-8-12(6-7-16(13)25-14)15(19)11-27(21,22-4)23-5/h6-9H,10-11H2,1-5H3. The van der Waals surface area contributed by atoms with Crippen LogP contribution in [0.5, 0.6) is 0 Å². The quantitative estimate of drug-likeness (QED) is 0.380. The van der Waals surface area contributed by atoms with E-state index >= 15 is 0 Å². The zero-order valence-corrected chi connectivity index (χ0v) is 16.8. The maximum atomic E-state index is 12.3. The predicted octanol–water partition coefficient (Wildman–Crippen LogP) is 4.55. The Morgan fingerprint density at radius 2 is 1.78 bits per heavy atom. The molecule has 0 aliphatic carbocycles. The highest BCUT2D eigenvalue weighted by atomic mass is 31.2. The van der Waals surface area contributed by atoms with Crippen molar-refractivity contribution in [2.45, 2.75) is 33.0 Å². The number of Topliss-reactive ketones (excluding diaryl/α,β-unsaturated/α-hetero) is 1. The molecule has 2 rings (SSSR count). The number of hydrogen-bond donors (Lipinski definition) is 0. The number of ether oxygens (including phenoxy) is 2. The lowest BCUT2D eigenvalue weighted by Gasteiger charge is -2.18. The van der Waals surface area contributed by atoms with Crippen LogP contribution in [-0.4, -0.2) is 37.9 Å². The largest absolute Gasteiger partial charge is 0.509 e. The lowest BCUT2D eigenvalue weighted by atomic mass is 10.1. The van der Waals surface area contributed by atoms with Gasteiger partial charge in [-0.2, -0.15) is 0 Å². The molecule has 0 saturated carbocycles. The third-order valence-electron chi connectivity index (χ3n) is 3.50. The Kier molecular flexibility index (Phi) is 6.46. The van der Waals surface area contributed by atoms with Crippen molar-refractivity contribution in [1.82, 2.24) is 0 Å². The molecule has 9 heteroatoms. The van der Waals surface area contributed by atoms with Gasteiger partial charge in [0.15, 0.2) is 12.4 Å². The first-order valence-corrected chi connectivity index (χ1v) is 9.90. The van der Waals surface area contributed by atoms with E-state index < -0.39 is 19.4 Å². The normalized spacial score (nSPS) is 12.2. The molecule has 0 amide bonds. The summed E-state index contributed by atoms with van der Waals surface area (Å²) in [6.45, 7) is 5.11. The van der Waals surface area contributed by atoms with Crippen LogP contribution in [0.15, 0.2) is 28.7 Å². The third-order valence-corrected chi connectivity index (χ3v) is 5.29. The van der Waals surface area contributed by atoms with E-state index in [0.717, 1.165) is 0 Å². The average molecular weight is 398 g/mol. The zero-order valence-electron chi connectivity index (χ0n) is 15.9. The number of benzene rings is 1. The van der Waals surface area contributed by atoms with Crippen molar-refractivity contribution in [1.29, 1.82) is 0 Å². The molecule has 0 aliphatic heterocycles. The van der Waals surface area contributed by atoms with Crippen molar-refractivity contribution < 1.29 is 37.1 Å². The van der Waals surface area contributed by atoms with Gasteiger partial charge >= 0.3 is 13.8 Å². The molecule has 0 N–H and O–H groups in total. The number of hydrogen-bond acceptors (Lipinski definition) is 8. The monoisotopic (exact) mass is 398 g/mol. The summed E-state index contributed by atoms with van der Waals surface area (Å²) in [5.74, 6) is 0.0246. The van der Waals surface area contributed by atoms with Crippen molar-refractivity contribution in [3.63, 3.8) is 0 Å². The highest BCUT2D eigenvalue weighted by Gasteiger charge is 2.26. The molecule has 0 bridgehead atoms. The van der Waals surface area contributed by atoms with E-state index in [9.17, 15) is 14.2 Å². The molecular weight excluding hydrogens is 375 g/mol. The van der Waals surface area contributed by atoms with Gasteiger partial charge in [-0.25, -0.2) is 4.79 Å². The van der Waals surface area contributed by atoms with Gasteiger partial charge in [-0.1, -0.05) is 0 Å². The summed E-state index contributed by atoms with van der Waals surface area (Å²) in [5, 5.41) is 0.647. The predicted molar refractivity (Wildman–Crippen MR) is 98.1 cm³/mol. The smallest absolute Gasteiger partial charge is 0.457 e. The molecule has 1 aromatic carbocycles. The van der Waals surface area contributed by atoms with Crippen LogP contribution in [-0.2, 0) is 29.7 Å². The number of furan rings is 1. The van der Waals surface area contributed by atoms with E-state index in [-0.39, 0.29) is 18.6 Å². The van der Waals surface area contributed by atoms with Crippen LogP contribution in [0.25, 0.3) is 11.0 Å². The summed E-state index contributed by atoms with van der Waals surface area (Å²) in [6, 6.07) is 6.43. The van der Waals surface area contributed by atoms with Gasteiger partial charge < -0.3 is 22.9 Å². The molecule has 0 saturated heterocycles. The summed E-state index contributed by atoms with van der Waals surface area (Å²) >= 11 is 0. The summed E-state index contributed by atoms with van der Waals surface area (Å²) in [6.07, 6.45) is -1.16. The lowest BCUT2D eigenvalue weighted by Crippen LogP contribution is -2.24. The van der Waals surface area contributed by atoms with Gasteiger partial charge in [0.1, 0.15) is 23.1 Å². The van der Waals surface area contributed by atoms with Crippen LogP contribution in [0.4, 0.5) is 4.79 Å². The van der Waals surface area contributed by atoms with Crippen LogP contribution in [0.1, 0.15) is 36.9 Å². The Morgan fingerprint density at radius 3 is 2.37 bits per heavy atom. The molecule has 0 spiro atoms. The molecule has 0 unspecified atom stereocenters. The van der Waals surface area contributed by atoms with Gasteiger partial charge in [-0.3, -0.25) is 9.36 Å². The summed E-state index contributed by atoms with van der Waals surface area (Å²) < 4.78 is 37.3. The molecular formula is C18H23O8P. The lowest BCUT2D eigenvalue weighted by molar-refractivity contribution is -0.0130. The van der Waals surface area contributed by atoms with E-state index in [1.54, 1.807) is 45.0 Å². The minimum Gasteiger partial charge on any atom is -0.457 e. The molecule has 1 aromatic heterocycles. The Morgan fingerprint density at radius 1 is 1.11 bits per heavy atom. The van der Waals surface area contributed by atoms with E-state index in [0.29, 0.717) is 22.3 Å². The SMILES string of the molecule is COP(=O)(CC(=O)c1ccc2oc(COC(=O)OC(C)(C)C)cc2c1)OC. The Bertz CT molecular complexity index is 869. The van der Waals surface area contributed by atoms with Gasteiger partial charge in [-0.15, -0.1) is 0 Å². The Hall–Kier alpha value is -2.15. The fourth-order valence-corrected chi connectivity index (χ4v) is 3.16. The van der Waals surface area contributed by atoms with Crippen LogP contribution >= 0.6 is 7.60 Å². The Balaban J connectivity index is 2.09. The van der Waals surface area contributed by atoms with E-state index in [2.05, 4.69) is 0 Å². The molecule has 0 radical (unpaired) electrons. The molecule has 0 aliphatic rings. The Labute approximate surface area is 157 Å². The van der Waals surface area contributed by atoms with E-state index in [1.807, 2.05) is 0 Å². The molecule has 148 valence electrons. The van der Waals surface area contributed by atoms with Gasteiger partial charge in [-0.05, 0) is 45.0 Å². The second-order valence-electron chi connectivity index (χ2n) is 6.78. The van der Waals surface area contributed by atoms with Crippen LogP contribution in [0.2, 0.25) is 0 Å². The number of rotatable bonds is 7. The third kappa shape index (κ3) is 5.92. The van der Waals surface area contributed by atoms with Gasteiger partial charge in [0.25, 0.3) is 0 Å². The fraction of sp³-hybridized carbons (Fsp3) is 0.444. The molecule has 0 atom stereocenters. The van der Waals surface area contributed by atoms with Gasteiger partial charge in [0.05, 0.1) is 0 Å². The number of fused-ring (bicyclic) bond motifs is 1. The second-order valence-corrected chi connectivity index (χ2v) is 9.04. The molecule has 0 fully saturated rings. The van der Waals surface area contributed by atoms with Gasteiger partial charge in [0, 0.05) is 25.2 Å². The number of ketones is 1. The molecule has 27 heavy (non-hydrogen) atoms. The van der Waals surface area contributed by atoms with Crippen molar-refractivity contribution in [2.75, 3.05) is 20.4 Å². The highest BCUT2D eigenvalue weighted by molar-refractivity contribution is 7.54.